The van der Waals surface area contributed by atoms with Crippen LogP contribution in [0.2, 0.25) is 0 Å². The normalized spacial score (nSPS) is 38.3. The molecule has 13 heavy (non-hydrogen) atoms. The van der Waals surface area contributed by atoms with Gasteiger partial charge in [0.05, 0.1) is 20.1 Å². The van der Waals surface area contributed by atoms with Gasteiger partial charge in [0.2, 0.25) is 0 Å². The van der Waals surface area contributed by atoms with Crippen molar-refractivity contribution in [1.82, 2.24) is 0 Å². The summed E-state index contributed by atoms with van der Waals surface area (Å²) in [6.45, 7) is 8.49. The highest BCUT2D eigenvalue weighted by atomic mass is 32.7. The summed E-state index contributed by atoms with van der Waals surface area (Å²) in [5.41, 5.74) is 1.11. The van der Waals surface area contributed by atoms with Crippen LogP contribution < -0.4 is 0 Å². The molecule has 0 amide bonds. The minimum Gasteiger partial charge on any atom is -0.368 e. The fraction of sp³-hybridized carbons (Fsp3) is 0.750. The fourth-order valence-corrected chi connectivity index (χ4v) is 2.01. The van der Waals surface area contributed by atoms with Gasteiger partial charge in [0.25, 0.3) is 0 Å². The van der Waals surface area contributed by atoms with Gasteiger partial charge in [-0.1, -0.05) is 21.1 Å². The third-order valence-corrected chi connectivity index (χ3v) is 3.27. The fourth-order valence-electron chi connectivity index (χ4n) is 1.39. The highest BCUT2D eigenvalue weighted by Crippen LogP contribution is 2.32. The molecular weight excluding hydrogens is 202 g/mol. The number of rotatable bonds is 5. The first-order valence-corrected chi connectivity index (χ1v) is 6.51. The molecule has 3 unspecified atom stereocenters. The van der Waals surface area contributed by atoms with Crippen molar-refractivity contribution in [3.8, 4) is 0 Å². The maximum absolute atomic E-state index is 7.33. The van der Waals surface area contributed by atoms with E-state index in [0.717, 1.165) is 24.8 Å². The molecule has 5 heteroatoms. The van der Waals surface area contributed by atoms with Crippen molar-refractivity contribution >= 4 is 26.8 Å². The Hall–Kier alpha value is 0.505. The summed E-state index contributed by atoms with van der Waals surface area (Å²) in [6, 6.07) is 0. The van der Waals surface area contributed by atoms with Crippen LogP contribution in [0.3, 0.4) is 0 Å². The van der Waals surface area contributed by atoms with Gasteiger partial charge in [0.15, 0.2) is 0 Å². The van der Waals surface area contributed by atoms with Crippen molar-refractivity contribution in [1.29, 1.82) is 2.61 Å². The Morgan fingerprint density at radius 3 is 3.31 bits per heavy atom. The summed E-state index contributed by atoms with van der Waals surface area (Å²) in [7, 11) is -0.129. The maximum atomic E-state index is 7.33. The van der Waals surface area contributed by atoms with Crippen LogP contribution in [-0.2, 0) is 8.92 Å². The van der Waals surface area contributed by atoms with Crippen LogP contribution in [-0.4, -0.2) is 29.0 Å². The molecule has 0 aromatic carbocycles. The van der Waals surface area contributed by atoms with Crippen LogP contribution >= 0.6 is 19.3 Å². The first-order chi connectivity index (χ1) is 7.06. The lowest BCUT2D eigenvalue weighted by Crippen LogP contribution is -2.19. The van der Waals surface area contributed by atoms with E-state index in [1.165, 1.54) is 0 Å². The van der Waals surface area contributed by atoms with Crippen molar-refractivity contribution < 1.29 is 8.92 Å². The molecule has 0 bridgehead atoms. The van der Waals surface area contributed by atoms with Gasteiger partial charge in [-0.15, -0.1) is 0 Å². The number of hydrogen-bond donors (Lipinski definition) is 0. The van der Waals surface area contributed by atoms with Gasteiger partial charge in [0, 0.05) is 17.6 Å². The molecule has 0 aromatic rings. The second-order valence-corrected chi connectivity index (χ2v) is 4.82. The lowest BCUT2D eigenvalue weighted by Gasteiger charge is -2.13. The summed E-state index contributed by atoms with van der Waals surface area (Å²) in [5.74, 6) is 0.303. The quantitative estimate of drug-likeness (QED) is 0.305. The van der Waals surface area contributed by atoms with E-state index in [1.54, 1.807) is 0 Å². The van der Waals surface area contributed by atoms with Gasteiger partial charge in [-0.25, -0.2) is 0 Å². The van der Waals surface area contributed by atoms with E-state index in [0.29, 0.717) is 12.5 Å². The van der Waals surface area contributed by atoms with E-state index in [1.807, 2.05) is 6.92 Å². The van der Waals surface area contributed by atoms with Gasteiger partial charge in [-0.05, 0) is 13.8 Å². The van der Waals surface area contributed by atoms with Crippen LogP contribution in [0.4, 0.5) is 0 Å². The van der Waals surface area contributed by atoms with Crippen molar-refractivity contribution in [2.75, 3.05) is 6.61 Å². The van der Waals surface area contributed by atoms with Gasteiger partial charge < -0.3 is 8.92 Å². The largest absolute Gasteiger partial charge is 0.368 e. The Balaban J connectivity index is 2.25. The molecule has 1 heterocycles. The van der Waals surface area contributed by atoms with Gasteiger partial charge >= 0.3 is 0 Å². The third-order valence-electron chi connectivity index (χ3n) is 2.37. The minimum atomic E-state index is -1.23. The van der Waals surface area contributed by atoms with Crippen LogP contribution in [0.5, 0.6) is 0 Å². The van der Waals surface area contributed by atoms with Crippen molar-refractivity contribution in [2.24, 2.45) is 5.92 Å². The third kappa shape index (κ3) is 2.98. The topological polar surface area (TPSA) is 18.5 Å². The molecule has 1 aliphatic heterocycles. The zero-order valence-electron chi connectivity index (χ0n) is 9.90. The van der Waals surface area contributed by atoms with Crippen LogP contribution in [0.15, 0.2) is 12.2 Å². The van der Waals surface area contributed by atoms with Gasteiger partial charge in [0.1, 0.15) is 7.53 Å². The average Bonchev–Trinajstić information content (AvgIpc) is 2.46. The second-order valence-electron chi connectivity index (χ2n) is 3.14. The Labute approximate surface area is 89.6 Å². The minimum absolute atomic E-state index is 0.0362. The van der Waals surface area contributed by atoms with Crippen molar-refractivity contribution in [3.63, 3.8) is 0 Å². The molecule has 1 aliphatic rings. The Bertz CT molecular complexity index is 235. The van der Waals surface area contributed by atoms with E-state index < -0.39 is 7.61 Å². The van der Waals surface area contributed by atoms with E-state index in [2.05, 4.69) is 13.5 Å². The summed E-state index contributed by atoms with van der Waals surface area (Å²) in [5, 5.41) is 0. The van der Waals surface area contributed by atoms with E-state index in [-0.39, 0.29) is 12.2 Å². The monoisotopic (exact) mass is 220 g/mol. The molecule has 0 N–H and O–H groups in total. The summed E-state index contributed by atoms with van der Waals surface area (Å²) < 4.78 is 25.1. The highest BCUT2D eigenvalue weighted by molar-refractivity contribution is 8.53. The highest BCUT2D eigenvalue weighted by Gasteiger charge is 2.32. The van der Waals surface area contributed by atoms with Crippen LogP contribution in [0, 0.1) is 5.92 Å². The molecule has 0 aliphatic carbocycles. The Morgan fingerprint density at radius 2 is 2.77 bits per heavy atom. The maximum Gasteiger partial charge on any atom is 0.137 e. The predicted molar refractivity (Wildman–Crippen MR) is 61.6 cm³/mol. The van der Waals surface area contributed by atoms with Gasteiger partial charge in [-0.2, -0.15) is 0 Å². The van der Waals surface area contributed by atoms with Crippen molar-refractivity contribution in [2.45, 2.75) is 26.1 Å². The molecule has 1 radical (unpaired) electrons. The first-order valence-electron chi connectivity index (χ1n) is 5.22. The van der Waals surface area contributed by atoms with E-state index >= 15 is 0 Å². The lowest BCUT2D eigenvalue weighted by atomic mass is 9.98. The molecule has 0 saturated carbocycles. The SMILES string of the molecule is [2H]P([B][3H])SOCC1OC(C)C(=C)[C@@H]1C. The van der Waals surface area contributed by atoms with Gasteiger partial charge in [-0.3, -0.25) is 0 Å². The zero-order chi connectivity index (χ0) is 11.4. The molecule has 0 spiro atoms. The predicted octanol–water partition coefficient (Wildman–Crippen LogP) is 2.04. The summed E-state index contributed by atoms with van der Waals surface area (Å²) in [4.78, 5) is 0. The first kappa shape index (κ1) is 8.78. The van der Waals surface area contributed by atoms with E-state index in [9.17, 15) is 0 Å². The smallest absolute Gasteiger partial charge is 0.137 e. The number of ether oxygens (including phenoxy) is 1. The molecular formula is C8H15BO2PS. The molecule has 1 saturated heterocycles. The standard InChI is InChI=1S/C8H15BO2PS/c1-5-6(2)8(11-7(5)3)4-10-13-12-9/h6-9,12H,1,4H2,2-3H3/t6-,7?,8?,12?/m0/s1/i9T,12D. The van der Waals surface area contributed by atoms with Crippen LogP contribution in [0.1, 0.15) is 13.8 Å². The molecule has 1 fully saturated rings. The summed E-state index contributed by atoms with van der Waals surface area (Å²) >= 11 is 1.05. The molecule has 0 aromatic heterocycles. The molecule has 4 atom stereocenters. The molecule has 2 nitrogen and oxygen atoms in total. The Kier molecular flexibility index (Phi) is 3.65. The average molecular weight is 220 g/mol. The molecule has 73 valence electrons. The number of hydrogen-bond acceptors (Lipinski definition) is 3. The van der Waals surface area contributed by atoms with E-state index in [4.69, 9.17) is 11.5 Å². The molecule has 1 rings (SSSR count). The summed E-state index contributed by atoms with van der Waals surface area (Å²) in [6.07, 6.45) is 0.132. The Morgan fingerprint density at radius 1 is 2.00 bits per heavy atom. The lowest BCUT2D eigenvalue weighted by molar-refractivity contribution is 0.0228. The zero-order valence-corrected chi connectivity index (χ0v) is 9.61. The second kappa shape index (κ2) is 5.40. The van der Waals surface area contributed by atoms with Crippen molar-refractivity contribution in [3.05, 3.63) is 12.2 Å². The van der Waals surface area contributed by atoms with Crippen LogP contribution in [0.25, 0.3) is 0 Å².